The van der Waals surface area contributed by atoms with Crippen molar-refractivity contribution in [2.24, 2.45) is 5.92 Å². The fourth-order valence-electron chi connectivity index (χ4n) is 2.47. The van der Waals surface area contributed by atoms with Gasteiger partial charge in [-0.2, -0.15) is 0 Å². The van der Waals surface area contributed by atoms with Crippen LogP contribution < -0.4 is 10.1 Å². The minimum Gasteiger partial charge on any atom is -0.492 e. The fraction of sp³-hybridized carbons (Fsp3) is 0.235. The third kappa shape index (κ3) is 2.88. The van der Waals surface area contributed by atoms with E-state index in [4.69, 9.17) is 16.3 Å². The topological polar surface area (TPSA) is 38.3 Å². The van der Waals surface area contributed by atoms with E-state index >= 15 is 0 Å². The van der Waals surface area contributed by atoms with Gasteiger partial charge in [0.05, 0.1) is 5.92 Å². The molecule has 1 N–H and O–H groups in total. The molecule has 1 heterocycles. The second-order valence-corrected chi connectivity index (χ2v) is 5.63. The maximum atomic E-state index is 12.4. The van der Waals surface area contributed by atoms with Crippen molar-refractivity contribution >= 4 is 23.2 Å². The van der Waals surface area contributed by atoms with Gasteiger partial charge < -0.3 is 10.1 Å². The van der Waals surface area contributed by atoms with Crippen LogP contribution in [-0.4, -0.2) is 12.5 Å². The average Bonchev–Trinajstić information content (AvgIpc) is 2.51. The largest absolute Gasteiger partial charge is 0.492 e. The van der Waals surface area contributed by atoms with Crippen LogP contribution in [0.25, 0.3) is 0 Å². The molecule has 1 aliphatic heterocycles. The molecule has 1 aliphatic rings. The van der Waals surface area contributed by atoms with E-state index in [1.807, 2.05) is 49.4 Å². The van der Waals surface area contributed by atoms with Gasteiger partial charge in [-0.25, -0.2) is 0 Å². The number of rotatable bonds is 2. The Labute approximate surface area is 128 Å². The Kier molecular flexibility index (Phi) is 3.84. The summed E-state index contributed by atoms with van der Waals surface area (Å²) in [6, 6.07) is 13.3. The molecule has 1 unspecified atom stereocenters. The lowest BCUT2D eigenvalue weighted by atomic mass is 9.96. The van der Waals surface area contributed by atoms with Crippen LogP contribution in [0.4, 0.5) is 5.69 Å². The normalized spacial score (nSPS) is 16.8. The Balaban J connectivity index is 1.74. The van der Waals surface area contributed by atoms with E-state index in [2.05, 4.69) is 5.32 Å². The maximum Gasteiger partial charge on any atom is 0.231 e. The van der Waals surface area contributed by atoms with Gasteiger partial charge in [-0.15, -0.1) is 0 Å². The number of nitrogens with one attached hydrogen (secondary N) is 1. The molecule has 2 aromatic carbocycles. The highest BCUT2D eigenvalue weighted by atomic mass is 35.5. The molecular weight excluding hydrogens is 286 g/mol. The summed E-state index contributed by atoms with van der Waals surface area (Å²) in [6.07, 6.45) is 0.696. The number of anilines is 1. The van der Waals surface area contributed by atoms with Crippen LogP contribution in [0.3, 0.4) is 0 Å². The van der Waals surface area contributed by atoms with Crippen LogP contribution in [-0.2, 0) is 11.2 Å². The lowest BCUT2D eigenvalue weighted by Gasteiger charge is -2.24. The van der Waals surface area contributed by atoms with Gasteiger partial charge in [-0.05, 0) is 42.7 Å². The van der Waals surface area contributed by atoms with Crippen LogP contribution in [0.2, 0.25) is 5.02 Å². The van der Waals surface area contributed by atoms with Crippen molar-refractivity contribution in [3.63, 3.8) is 0 Å². The molecule has 3 rings (SSSR count). The van der Waals surface area contributed by atoms with E-state index in [0.717, 1.165) is 22.6 Å². The lowest BCUT2D eigenvalue weighted by Crippen LogP contribution is -2.32. The van der Waals surface area contributed by atoms with Crippen LogP contribution in [0, 0.1) is 12.8 Å². The molecule has 3 nitrogen and oxygen atoms in total. The van der Waals surface area contributed by atoms with Crippen molar-refractivity contribution in [1.29, 1.82) is 0 Å². The number of para-hydroxylation sites is 1. The second kappa shape index (κ2) is 5.78. The minimum atomic E-state index is -0.182. The van der Waals surface area contributed by atoms with Gasteiger partial charge in [0.15, 0.2) is 0 Å². The molecule has 1 atom stereocenters. The van der Waals surface area contributed by atoms with Crippen LogP contribution in [0.1, 0.15) is 11.1 Å². The summed E-state index contributed by atoms with van der Waals surface area (Å²) in [7, 11) is 0. The van der Waals surface area contributed by atoms with E-state index in [9.17, 15) is 4.79 Å². The summed E-state index contributed by atoms with van der Waals surface area (Å²) >= 11 is 6.07. The molecular formula is C17H16ClNO2. The average molecular weight is 302 g/mol. The van der Waals surface area contributed by atoms with Gasteiger partial charge in [0.2, 0.25) is 5.91 Å². The van der Waals surface area contributed by atoms with Crippen molar-refractivity contribution < 1.29 is 9.53 Å². The number of carbonyl (C=O) groups excluding carboxylic acids is 1. The first-order valence-electron chi connectivity index (χ1n) is 6.92. The zero-order chi connectivity index (χ0) is 14.8. The van der Waals surface area contributed by atoms with Crippen LogP contribution >= 0.6 is 11.6 Å². The molecule has 0 fully saturated rings. The number of hydrogen-bond donors (Lipinski definition) is 1. The molecule has 0 aliphatic carbocycles. The lowest BCUT2D eigenvalue weighted by molar-refractivity contribution is -0.121. The minimum absolute atomic E-state index is 0.0325. The summed E-state index contributed by atoms with van der Waals surface area (Å²) in [4.78, 5) is 12.4. The van der Waals surface area contributed by atoms with Gasteiger partial charge in [0, 0.05) is 10.7 Å². The first kappa shape index (κ1) is 14.0. The van der Waals surface area contributed by atoms with Crippen molar-refractivity contribution in [3.8, 4) is 5.75 Å². The quantitative estimate of drug-likeness (QED) is 0.915. The van der Waals surface area contributed by atoms with Gasteiger partial charge in [0.1, 0.15) is 12.4 Å². The van der Waals surface area contributed by atoms with E-state index in [0.29, 0.717) is 18.1 Å². The van der Waals surface area contributed by atoms with Crippen molar-refractivity contribution in [2.45, 2.75) is 13.3 Å². The molecule has 21 heavy (non-hydrogen) atoms. The summed E-state index contributed by atoms with van der Waals surface area (Å²) in [5.41, 5.74) is 2.71. The van der Waals surface area contributed by atoms with E-state index in [1.165, 1.54) is 0 Å². The number of halogens is 1. The molecule has 0 spiro atoms. The Bertz CT molecular complexity index is 684. The van der Waals surface area contributed by atoms with Crippen LogP contribution in [0.15, 0.2) is 42.5 Å². The molecule has 4 heteroatoms. The van der Waals surface area contributed by atoms with Gasteiger partial charge in [0.25, 0.3) is 0 Å². The van der Waals surface area contributed by atoms with Crippen molar-refractivity contribution in [2.75, 3.05) is 11.9 Å². The number of amides is 1. The van der Waals surface area contributed by atoms with Crippen LogP contribution in [0.5, 0.6) is 5.75 Å². The molecule has 0 saturated heterocycles. The number of hydrogen-bond acceptors (Lipinski definition) is 2. The highest BCUT2D eigenvalue weighted by Crippen LogP contribution is 2.28. The number of fused-ring (bicyclic) bond motifs is 1. The first-order chi connectivity index (χ1) is 10.1. The fourth-order valence-corrected chi connectivity index (χ4v) is 2.65. The van der Waals surface area contributed by atoms with Crippen molar-refractivity contribution in [3.05, 3.63) is 58.6 Å². The summed E-state index contributed by atoms with van der Waals surface area (Å²) in [5.74, 6) is 0.661. The standard InChI is InChI=1S/C17H16ClNO2/c1-11-14(18)6-4-7-15(11)19-17(20)13-9-12-5-2-3-8-16(12)21-10-13/h2-8,13H,9-10H2,1H3,(H,19,20). The first-order valence-corrected chi connectivity index (χ1v) is 7.29. The Morgan fingerprint density at radius 3 is 2.90 bits per heavy atom. The van der Waals surface area contributed by atoms with E-state index in [1.54, 1.807) is 0 Å². The van der Waals surface area contributed by atoms with Gasteiger partial charge in [-0.1, -0.05) is 35.9 Å². The predicted octanol–water partition coefficient (Wildman–Crippen LogP) is 3.84. The monoisotopic (exact) mass is 301 g/mol. The summed E-state index contributed by atoms with van der Waals surface area (Å²) < 4.78 is 5.66. The smallest absolute Gasteiger partial charge is 0.231 e. The van der Waals surface area contributed by atoms with Gasteiger partial charge >= 0.3 is 0 Å². The van der Waals surface area contributed by atoms with Gasteiger partial charge in [-0.3, -0.25) is 4.79 Å². The third-order valence-electron chi connectivity index (χ3n) is 3.78. The zero-order valence-electron chi connectivity index (χ0n) is 11.7. The molecule has 0 radical (unpaired) electrons. The maximum absolute atomic E-state index is 12.4. The number of ether oxygens (including phenoxy) is 1. The molecule has 0 aromatic heterocycles. The molecule has 0 saturated carbocycles. The Morgan fingerprint density at radius 1 is 1.24 bits per heavy atom. The molecule has 0 bridgehead atoms. The predicted molar refractivity (Wildman–Crippen MR) is 83.9 cm³/mol. The summed E-state index contributed by atoms with van der Waals surface area (Å²) in [6.45, 7) is 2.30. The highest BCUT2D eigenvalue weighted by molar-refractivity contribution is 6.31. The van der Waals surface area contributed by atoms with Crippen molar-refractivity contribution in [1.82, 2.24) is 0 Å². The third-order valence-corrected chi connectivity index (χ3v) is 4.18. The number of carbonyl (C=O) groups is 1. The molecule has 2 aromatic rings. The van der Waals surface area contributed by atoms with E-state index < -0.39 is 0 Å². The molecule has 108 valence electrons. The summed E-state index contributed by atoms with van der Waals surface area (Å²) in [5, 5.41) is 3.60. The second-order valence-electron chi connectivity index (χ2n) is 5.22. The SMILES string of the molecule is Cc1c(Cl)cccc1NC(=O)C1COc2ccccc2C1. The highest BCUT2D eigenvalue weighted by Gasteiger charge is 2.26. The Hall–Kier alpha value is -2.00. The van der Waals surface area contributed by atoms with E-state index in [-0.39, 0.29) is 11.8 Å². The number of benzene rings is 2. The Morgan fingerprint density at radius 2 is 2.05 bits per heavy atom. The zero-order valence-corrected chi connectivity index (χ0v) is 12.5. The molecule has 1 amide bonds.